The Morgan fingerprint density at radius 2 is 1.73 bits per heavy atom. The molecular weight excluding hydrogens is 328 g/mol. The fourth-order valence-electron chi connectivity index (χ4n) is 2.72. The molecule has 2 rings (SSSR count). The van der Waals surface area contributed by atoms with Crippen molar-refractivity contribution in [1.29, 1.82) is 0 Å². The van der Waals surface area contributed by atoms with E-state index in [2.05, 4.69) is 17.4 Å². The summed E-state index contributed by atoms with van der Waals surface area (Å²) in [4.78, 5) is 14.4. The summed E-state index contributed by atoms with van der Waals surface area (Å²) in [5, 5.41) is 3.01. The van der Waals surface area contributed by atoms with Crippen molar-refractivity contribution < 1.29 is 14.3 Å². The Balaban J connectivity index is 1.82. The number of methoxy groups -OCH3 is 2. The Bertz CT molecular complexity index is 704. The standard InChI is InChI=1S/C21H28N2O3/c1-16(23(2)15-18-8-6-5-7-9-18)21(24)22-13-12-17-10-11-19(25-3)20(14-17)26-4/h5-11,14,16H,12-13,15H2,1-4H3,(H,22,24). The zero-order valence-corrected chi connectivity index (χ0v) is 16.0. The summed E-state index contributed by atoms with van der Waals surface area (Å²) in [6, 6.07) is 15.8. The van der Waals surface area contributed by atoms with E-state index in [-0.39, 0.29) is 11.9 Å². The van der Waals surface area contributed by atoms with Crippen molar-refractivity contribution >= 4 is 5.91 Å². The van der Waals surface area contributed by atoms with Crippen LogP contribution < -0.4 is 14.8 Å². The van der Waals surface area contributed by atoms with E-state index >= 15 is 0 Å². The van der Waals surface area contributed by atoms with Crippen LogP contribution in [0.5, 0.6) is 11.5 Å². The minimum absolute atomic E-state index is 0.0314. The third-order valence-corrected chi connectivity index (χ3v) is 4.48. The Hall–Kier alpha value is -2.53. The molecule has 0 spiro atoms. The van der Waals surface area contributed by atoms with Crippen LogP contribution in [0.2, 0.25) is 0 Å². The zero-order chi connectivity index (χ0) is 18.9. The smallest absolute Gasteiger partial charge is 0.237 e. The number of ether oxygens (including phenoxy) is 2. The van der Waals surface area contributed by atoms with E-state index in [1.807, 2.05) is 55.3 Å². The first-order valence-electron chi connectivity index (χ1n) is 8.78. The van der Waals surface area contributed by atoms with E-state index < -0.39 is 0 Å². The van der Waals surface area contributed by atoms with Gasteiger partial charge in [-0.3, -0.25) is 9.69 Å². The van der Waals surface area contributed by atoms with Crippen molar-refractivity contribution in [2.45, 2.75) is 25.9 Å². The quantitative estimate of drug-likeness (QED) is 0.751. The van der Waals surface area contributed by atoms with Gasteiger partial charge in [-0.25, -0.2) is 0 Å². The molecule has 2 aromatic carbocycles. The molecule has 0 fully saturated rings. The second kappa shape index (κ2) is 9.82. The van der Waals surface area contributed by atoms with Crippen LogP contribution in [0.4, 0.5) is 0 Å². The van der Waals surface area contributed by atoms with Gasteiger partial charge in [0, 0.05) is 13.1 Å². The normalized spacial score (nSPS) is 11.9. The molecule has 2 aromatic rings. The van der Waals surface area contributed by atoms with Crippen LogP contribution in [-0.2, 0) is 17.8 Å². The Morgan fingerprint density at radius 3 is 2.38 bits per heavy atom. The van der Waals surface area contributed by atoms with Gasteiger partial charge in [0.25, 0.3) is 0 Å². The second-order valence-electron chi connectivity index (χ2n) is 6.31. The maximum atomic E-state index is 12.4. The molecule has 1 unspecified atom stereocenters. The SMILES string of the molecule is COc1ccc(CCNC(=O)C(C)N(C)Cc2ccccc2)cc1OC. The van der Waals surface area contributed by atoms with Crippen LogP contribution in [0, 0.1) is 0 Å². The van der Waals surface area contributed by atoms with Gasteiger partial charge in [0.1, 0.15) is 0 Å². The Morgan fingerprint density at radius 1 is 1.04 bits per heavy atom. The Kier molecular flexibility index (Phi) is 7.48. The van der Waals surface area contributed by atoms with Gasteiger partial charge in [-0.1, -0.05) is 36.4 Å². The van der Waals surface area contributed by atoms with E-state index in [9.17, 15) is 4.79 Å². The van der Waals surface area contributed by atoms with Crippen LogP contribution in [-0.4, -0.2) is 44.7 Å². The lowest BCUT2D eigenvalue weighted by molar-refractivity contribution is -0.125. The largest absolute Gasteiger partial charge is 0.493 e. The van der Waals surface area contributed by atoms with Crippen molar-refractivity contribution in [2.75, 3.05) is 27.8 Å². The van der Waals surface area contributed by atoms with Gasteiger partial charge >= 0.3 is 0 Å². The number of amides is 1. The number of hydrogen-bond acceptors (Lipinski definition) is 4. The van der Waals surface area contributed by atoms with E-state index in [0.717, 1.165) is 18.5 Å². The molecule has 1 N–H and O–H groups in total. The van der Waals surface area contributed by atoms with E-state index in [1.165, 1.54) is 5.56 Å². The molecule has 0 aliphatic carbocycles. The summed E-state index contributed by atoms with van der Waals surface area (Å²) in [6.45, 7) is 3.25. The minimum atomic E-state index is -0.194. The lowest BCUT2D eigenvalue weighted by Gasteiger charge is -2.24. The van der Waals surface area contributed by atoms with Crippen LogP contribution >= 0.6 is 0 Å². The summed E-state index contributed by atoms with van der Waals surface area (Å²) in [5.74, 6) is 1.44. The molecule has 1 atom stereocenters. The molecule has 26 heavy (non-hydrogen) atoms. The molecule has 0 heterocycles. The zero-order valence-electron chi connectivity index (χ0n) is 16.0. The first-order chi connectivity index (χ1) is 12.5. The molecule has 0 aromatic heterocycles. The summed E-state index contributed by atoms with van der Waals surface area (Å²) >= 11 is 0. The lowest BCUT2D eigenvalue weighted by Crippen LogP contribution is -2.43. The highest BCUT2D eigenvalue weighted by Crippen LogP contribution is 2.27. The summed E-state index contributed by atoms with van der Waals surface area (Å²) in [5.41, 5.74) is 2.29. The van der Waals surface area contributed by atoms with Crippen molar-refractivity contribution in [3.63, 3.8) is 0 Å². The number of hydrogen-bond donors (Lipinski definition) is 1. The molecule has 5 heteroatoms. The van der Waals surface area contributed by atoms with Gasteiger partial charge in [-0.2, -0.15) is 0 Å². The fourth-order valence-corrected chi connectivity index (χ4v) is 2.72. The molecule has 0 bridgehead atoms. The van der Waals surface area contributed by atoms with Crippen molar-refractivity contribution in [3.05, 3.63) is 59.7 Å². The first kappa shape index (κ1) is 19.8. The lowest BCUT2D eigenvalue weighted by atomic mass is 10.1. The monoisotopic (exact) mass is 356 g/mol. The molecule has 1 amide bonds. The van der Waals surface area contributed by atoms with Gasteiger partial charge in [-0.05, 0) is 43.7 Å². The molecule has 0 saturated carbocycles. The molecule has 5 nitrogen and oxygen atoms in total. The number of carbonyl (C=O) groups excluding carboxylic acids is 1. The maximum Gasteiger partial charge on any atom is 0.237 e. The highest BCUT2D eigenvalue weighted by molar-refractivity contribution is 5.81. The second-order valence-corrected chi connectivity index (χ2v) is 6.31. The van der Waals surface area contributed by atoms with Gasteiger partial charge in [0.15, 0.2) is 11.5 Å². The van der Waals surface area contributed by atoms with Gasteiger partial charge in [-0.15, -0.1) is 0 Å². The van der Waals surface area contributed by atoms with E-state index in [0.29, 0.717) is 18.0 Å². The van der Waals surface area contributed by atoms with Crippen molar-refractivity contribution in [1.82, 2.24) is 10.2 Å². The summed E-state index contributed by atoms with van der Waals surface area (Å²) < 4.78 is 10.6. The maximum absolute atomic E-state index is 12.4. The fraction of sp³-hybridized carbons (Fsp3) is 0.381. The summed E-state index contributed by atoms with van der Waals surface area (Å²) in [6.07, 6.45) is 0.737. The first-order valence-corrected chi connectivity index (χ1v) is 8.78. The number of nitrogens with zero attached hydrogens (tertiary/aromatic N) is 1. The molecule has 0 radical (unpaired) electrons. The third kappa shape index (κ3) is 5.49. The van der Waals surface area contributed by atoms with Crippen LogP contribution in [0.3, 0.4) is 0 Å². The number of carbonyl (C=O) groups is 1. The average Bonchev–Trinajstić information content (AvgIpc) is 2.67. The van der Waals surface area contributed by atoms with Crippen LogP contribution in [0.25, 0.3) is 0 Å². The predicted octanol–water partition coefficient (Wildman–Crippen LogP) is 2.88. The predicted molar refractivity (Wildman–Crippen MR) is 104 cm³/mol. The van der Waals surface area contributed by atoms with Gasteiger partial charge < -0.3 is 14.8 Å². The molecule has 0 aliphatic rings. The highest BCUT2D eigenvalue weighted by atomic mass is 16.5. The summed E-state index contributed by atoms with van der Waals surface area (Å²) in [7, 11) is 5.20. The number of nitrogens with one attached hydrogen (secondary N) is 1. The minimum Gasteiger partial charge on any atom is -0.493 e. The van der Waals surface area contributed by atoms with Crippen LogP contribution in [0.15, 0.2) is 48.5 Å². The van der Waals surface area contributed by atoms with Gasteiger partial charge in [0.2, 0.25) is 5.91 Å². The van der Waals surface area contributed by atoms with E-state index in [1.54, 1.807) is 14.2 Å². The third-order valence-electron chi connectivity index (χ3n) is 4.48. The molecule has 140 valence electrons. The molecular formula is C21H28N2O3. The topological polar surface area (TPSA) is 50.8 Å². The number of rotatable bonds is 9. The van der Waals surface area contributed by atoms with Crippen molar-refractivity contribution in [2.24, 2.45) is 0 Å². The average molecular weight is 356 g/mol. The molecule has 0 aliphatic heterocycles. The van der Waals surface area contributed by atoms with Crippen LogP contribution in [0.1, 0.15) is 18.1 Å². The molecule has 0 saturated heterocycles. The van der Waals surface area contributed by atoms with Crippen molar-refractivity contribution in [3.8, 4) is 11.5 Å². The number of likely N-dealkylation sites (N-methyl/N-ethyl adjacent to an activating group) is 1. The van der Waals surface area contributed by atoms with E-state index in [4.69, 9.17) is 9.47 Å². The van der Waals surface area contributed by atoms with Gasteiger partial charge in [0.05, 0.1) is 20.3 Å². The number of benzene rings is 2. The Labute approximate surface area is 155 Å². The highest BCUT2D eigenvalue weighted by Gasteiger charge is 2.17.